The van der Waals surface area contributed by atoms with Crippen molar-refractivity contribution < 1.29 is 9.53 Å². The first kappa shape index (κ1) is 14.7. The number of Topliss-reactive ketones (excluding diaryl/α,β-unsaturated/α-hetero) is 1. The van der Waals surface area contributed by atoms with E-state index in [1.54, 1.807) is 6.92 Å². The van der Waals surface area contributed by atoms with Gasteiger partial charge in [-0.1, -0.05) is 0 Å². The summed E-state index contributed by atoms with van der Waals surface area (Å²) in [5, 5.41) is 0. The number of ketones is 1. The van der Waals surface area contributed by atoms with Gasteiger partial charge in [-0.05, 0) is 47.0 Å². The van der Waals surface area contributed by atoms with Crippen LogP contribution >= 0.6 is 0 Å². The quantitative estimate of drug-likeness (QED) is 0.670. The number of unbranched alkanes of at least 4 members (excludes halogenated alkanes) is 1. The zero-order valence-corrected chi connectivity index (χ0v) is 11.8. The molecule has 1 rings (SSSR count). The van der Waals surface area contributed by atoms with Gasteiger partial charge in [0.25, 0.3) is 0 Å². The predicted octanol–water partition coefficient (Wildman–Crippen LogP) is 2.64. The fourth-order valence-electron chi connectivity index (χ4n) is 2.20. The van der Waals surface area contributed by atoms with Gasteiger partial charge >= 0.3 is 0 Å². The van der Waals surface area contributed by atoms with Gasteiger partial charge in [-0.3, -0.25) is 4.90 Å². The van der Waals surface area contributed by atoms with Gasteiger partial charge in [-0.15, -0.1) is 0 Å². The highest BCUT2D eigenvalue weighted by Gasteiger charge is 2.30. The van der Waals surface area contributed by atoms with Crippen molar-refractivity contribution in [1.29, 1.82) is 0 Å². The van der Waals surface area contributed by atoms with Gasteiger partial charge < -0.3 is 9.53 Å². The summed E-state index contributed by atoms with van der Waals surface area (Å²) in [6.45, 7) is 11.4. The van der Waals surface area contributed by atoms with E-state index >= 15 is 0 Å². The minimum atomic E-state index is 0.257. The van der Waals surface area contributed by atoms with E-state index in [9.17, 15) is 4.79 Å². The predicted molar refractivity (Wildman–Crippen MR) is 70.2 cm³/mol. The van der Waals surface area contributed by atoms with Crippen molar-refractivity contribution in [3.05, 3.63) is 0 Å². The molecule has 0 saturated carbocycles. The number of carbonyl (C=O) groups is 1. The summed E-state index contributed by atoms with van der Waals surface area (Å²) in [5.74, 6) is 0.282. The van der Waals surface area contributed by atoms with Crippen molar-refractivity contribution in [2.24, 2.45) is 0 Å². The number of rotatable bonds is 6. The van der Waals surface area contributed by atoms with Gasteiger partial charge in [0.15, 0.2) is 0 Å². The Morgan fingerprint density at radius 3 is 2.59 bits per heavy atom. The highest BCUT2D eigenvalue weighted by Crippen LogP contribution is 2.22. The molecule has 1 saturated heterocycles. The number of likely N-dealkylation sites (tertiary alicyclic amines) is 1. The first-order valence-corrected chi connectivity index (χ1v) is 6.75. The number of carbonyl (C=O) groups excluding carboxylic acids is 1. The summed E-state index contributed by atoms with van der Waals surface area (Å²) >= 11 is 0. The zero-order valence-electron chi connectivity index (χ0n) is 11.8. The summed E-state index contributed by atoms with van der Waals surface area (Å²) in [7, 11) is 0. The van der Waals surface area contributed by atoms with E-state index in [1.807, 2.05) is 0 Å². The van der Waals surface area contributed by atoms with E-state index in [-0.39, 0.29) is 11.3 Å². The molecule has 3 heteroatoms. The van der Waals surface area contributed by atoms with Crippen LogP contribution in [0.1, 0.15) is 53.4 Å². The molecule has 1 heterocycles. The standard InChI is InChI=1S/C14H27NO2/c1-12(16)7-5-6-10-17-13-8-9-15(11-13)14(2,3)4/h13H,5-11H2,1-4H3. The van der Waals surface area contributed by atoms with Crippen LogP contribution in [0.15, 0.2) is 0 Å². The van der Waals surface area contributed by atoms with E-state index < -0.39 is 0 Å². The molecule has 0 aromatic rings. The lowest BCUT2D eigenvalue weighted by Gasteiger charge is -2.31. The topological polar surface area (TPSA) is 29.5 Å². The van der Waals surface area contributed by atoms with Gasteiger partial charge in [0.05, 0.1) is 6.10 Å². The highest BCUT2D eigenvalue weighted by molar-refractivity contribution is 5.75. The third-order valence-corrected chi connectivity index (χ3v) is 3.37. The molecule has 0 spiro atoms. The molecule has 0 bridgehead atoms. The van der Waals surface area contributed by atoms with Gasteiger partial charge in [0.1, 0.15) is 5.78 Å². The summed E-state index contributed by atoms with van der Waals surface area (Å²) in [6, 6.07) is 0. The summed E-state index contributed by atoms with van der Waals surface area (Å²) < 4.78 is 5.86. The Hall–Kier alpha value is -0.410. The molecule has 0 radical (unpaired) electrons. The lowest BCUT2D eigenvalue weighted by Crippen LogP contribution is -2.40. The maximum absolute atomic E-state index is 10.8. The van der Waals surface area contributed by atoms with Crippen LogP contribution in [0.3, 0.4) is 0 Å². The summed E-state index contributed by atoms with van der Waals surface area (Å²) in [4.78, 5) is 13.2. The van der Waals surface area contributed by atoms with Gasteiger partial charge in [0, 0.05) is 31.7 Å². The maximum Gasteiger partial charge on any atom is 0.129 e. The lowest BCUT2D eigenvalue weighted by atomic mass is 10.1. The third kappa shape index (κ3) is 5.64. The van der Waals surface area contributed by atoms with E-state index in [2.05, 4.69) is 25.7 Å². The maximum atomic E-state index is 10.8. The van der Waals surface area contributed by atoms with Crippen molar-refractivity contribution in [3.8, 4) is 0 Å². The average Bonchev–Trinajstić information content (AvgIpc) is 2.64. The Morgan fingerprint density at radius 1 is 1.35 bits per heavy atom. The van der Waals surface area contributed by atoms with Crippen molar-refractivity contribution in [1.82, 2.24) is 4.90 Å². The van der Waals surface area contributed by atoms with Gasteiger partial charge in [-0.25, -0.2) is 0 Å². The van der Waals surface area contributed by atoms with E-state index in [0.717, 1.165) is 39.0 Å². The second-order valence-corrected chi connectivity index (χ2v) is 6.06. The first-order chi connectivity index (χ1) is 7.89. The Labute approximate surface area is 106 Å². The first-order valence-electron chi connectivity index (χ1n) is 6.75. The fourth-order valence-corrected chi connectivity index (χ4v) is 2.20. The van der Waals surface area contributed by atoms with Gasteiger partial charge in [-0.2, -0.15) is 0 Å². The lowest BCUT2D eigenvalue weighted by molar-refractivity contribution is -0.117. The Morgan fingerprint density at radius 2 is 2.06 bits per heavy atom. The van der Waals surface area contributed by atoms with Crippen LogP contribution in [0.5, 0.6) is 0 Å². The van der Waals surface area contributed by atoms with Gasteiger partial charge in [0.2, 0.25) is 0 Å². The molecule has 100 valence electrons. The normalized spacial score (nSPS) is 22.0. The van der Waals surface area contributed by atoms with Crippen molar-refractivity contribution in [2.75, 3.05) is 19.7 Å². The van der Waals surface area contributed by atoms with Crippen LogP contribution in [-0.4, -0.2) is 42.0 Å². The molecular formula is C14H27NO2. The largest absolute Gasteiger partial charge is 0.377 e. The van der Waals surface area contributed by atoms with Crippen LogP contribution in [0.4, 0.5) is 0 Å². The Bertz CT molecular complexity index is 245. The number of hydrogen-bond donors (Lipinski definition) is 0. The molecule has 17 heavy (non-hydrogen) atoms. The highest BCUT2D eigenvalue weighted by atomic mass is 16.5. The number of nitrogens with zero attached hydrogens (tertiary/aromatic N) is 1. The Balaban J connectivity index is 2.08. The Kier molecular flexibility index (Phi) is 5.60. The second-order valence-electron chi connectivity index (χ2n) is 6.06. The molecule has 1 unspecified atom stereocenters. The minimum Gasteiger partial charge on any atom is -0.377 e. The SMILES string of the molecule is CC(=O)CCCCOC1CCN(C(C)(C)C)C1. The molecular weight excluding hydrogens is 214 g/mol. The van der Waals surface area contributed by atoms with Crippen molar-refractivity contribution >= 4 is 5.78 Å². The molecule has 1 aliphatic rings. The number of hydrogen-bond acceptors (Lipinski definition) is 3. The van der Waals surface area contributed by atoms with Crippen LogP contribution in [-0.2, 0) is 9.53 Å². The molecule has 1 fully saturated rings. The number of ether oxygens (including phenoxy) is 1. The van der Waals surface area contributed by atoms with E-state index in [4.69, 9.17) is 4.74 Å². The van der Waals surface area contributed by atoms with Crippen molar-refractivity contribution in [2.45, 2.75) is 65.0 Å². The van der Waals surface area contributed by atoms with Crippen molar-refractivity contribution in [3.63, 3.8) is 0 Å². The fraction of sp³-hybridized carbons (Fsp3) is 0.929. The van der Waals surface area contributed by atoms with Crippen LogP contribution < -0.4 is 0 Å². The molecule has 0 amide bonds. The molecule has 1 aliphatic heterocycles. The molecule has 0 aromatic carbocycles. The average molecular weight is 241 g/mol. The molecule has 0 aromatic heterocycles. The summed E-state index contributed by atoms with van der Waals surface area (Å²) in [5.41, 5.74) is 0.257. The molecule has 0 aliphatic carbocycles. The molecule has 1 atom stereocenters. The minimum absolute atomic E-state index is 0.257. The monoisotopic (exact) mass is 241 g/mol. The zero-order chi connectivity index (χ0) is 12.9. The van der Waals surface area contributed by atoms with Crippen LogP contribution in [0.2, 0.25) is 0 Å². The summed E-state index contributed by atoms with van der Waals surface area (Å²) in [6.07, 6.45) is 4.20. The second kappa shape index (κ2) is 6.50. The smallest absolute Gasteiger partial charge is 0.129 e. The molecule has 3 nitrogen and oxygen atoms in total. The van der Waals surface area contributed by atoms with Crippen LogP contribution in [0, 0.1) is 0 Å². The molecule has 0 N–H and O–H groups in total. The van der Waals surface area contributed by atoms with E-state index in [0.29, 0.717) is 12.5 Å². The third-order valence-electron chi connectivity index (χ3n) is 3.37. The van der Waals surface area contributed by atoms with E-state index in [1.165, 1.54) is 0 Å². The van der Waals surface area contributed by atoms with Crippen LogP contribution in [0.25, 0.3) is 0 Å².